The smallest absolute Gasteiger partial charge is 0.119 e. The van der Waals surface area contributed by atoms with E-state index in [1.54, 1.807) is 0 Å². The van der Waals surface area contributed by atoms with Crippen LogP contribution in [-0.4, -0.2) is 12.5 Å². The van der Waals surface area contributed by atoms with Gasteiger partial charge in [0.15, 0.2) is 0 Å². The molecule has 1 aromatic rings. The minimum Gasteiger partial charge on any atom is -0.492 e. The van der Waals surface area contributed by atoms with Crippen LogP contribution < -0.4 is 4.74 Å². The molecule has 0 N–H and O–H groups in total. The Morgan fingerprint density at radius 2 is 2.15 bits per heavy atom. The second kappa shape index (κ2) is 5.13. The lowest BCUT2D eigenvalue weighted by atomic mass is 10.0. The normalized spacial score (nSPS) is 10.5. The van der Waals surface area contributed by atoms with Crippen molar-refractivity contribution in [3.63, 3.8) is 0 Å². The molecular weight excluding hydrogens is 184 g/mol. The van der Waals surface area contributed by atoms with Gasteiger partial charge in [0.05, 0.1) is 5.88 Å². The van der Waals surface area contributed by atoms with E-state index in [0.717, 1.165) is 5.75 Å². The lowest BCUT2D eigenvalue weighted by Gasteiger charge is -2.08. The van der Waals surface area contributed by atoms with E-state index in [0.29, 0.717) is 18.4 Å². The van der Waals surface area contributed by atoms with Crippen molar-refractivity contribution in [3.05, 3.63) is 29.8 Å². The van der Waals surface area contributed by atoms with Crippen molar-refractivity contribution < 1.29 is 4.74 Å². The fraction of sp³-hybridized carbons (Fsp3) is 0.455. The monoisotopic (exact) mass is 198 g/mol. The first kappa shape index (κ1) is 10.4. The van der Waals surface area contributed by atoms with Gasteiger partial charge in [-0.25, -0.2) is 0 Å². The predicted octanol–water partition coefficient (Wildman–Crippen LogP) is 3.43. The largest absolute Gasteiger partial charge is 0.492 e. The predicted molar refractivity (Wildman–Crippen MR) is 56.7 cm³/mol. The zero-order valence-corrected chi connectivity index (χ0v) is 8.84. The second-order valence-corrected chi connectivity index (χ2v) is 3.64. The minimum atomic E-state index is 0.534. The van der Waals surface area contributed by atoms with Gasteiger partial charge in [-0.15, -0.1) is 11.6 Å². The molecule has 0 saturated carbocycles. The van der Waals surface area contributed by atoms with Crippen LogP contribution >= 0.6 is 11.6 Å². The van der Waals surface area contributed by atoms with E-state index in [1.807, 2.05) is 12.1 Å². The Balaban J connectivity index is 2.68. The van der Waals surface area contributed by atoms with Gasteiger partial charge >= 0.3 is 0 Å². The van der Waals surface area contributed by atoms with Crippen LogP contribution in [0.3, 0.4) is 0 Å². The molecule has 0 aromatic heterocycles. The Kier molecular flexibility index (Phi) is 4.10. The molecule has 13 heavy (non-hydrogen) atoms. The number of hydrogen-bond donors (Lipinski definition) is 0. The molecule has 0 aliphatic carbocycles. The molecule has 0 spiro atoms. The molecule has 0 aliphatic heterocycles. The third-order valence-electron chi connectivity index (χ3n) is 1.87. The number of benzene rings is 1. The molecule has 0 fully saturated rings. The maximum absolute atomic E-state index is 5.53. The molecule has 0 atom stereocenters. The van der Waals surface area contributed by atoms with Crippen molar-refractivity contribution in [1.82, 2.24) is 0 Å². The second-order valence-electron chi connectivity index (χ2n) is 3.26. The number of ether oxygens (including phenoxy) is 1. The highest BCUT2D eigenvalue weighted by molar-refractivity contribution is 6.17. The van der Waals surface area contributed by atoms with Crippen molar-refractivity contribution in [1.29, 1.82) is 0 Å². The zero-order chi connectivity index (χ0) is 9.68. The van der Waals surface area contributed by atoms with E-state index in [9.17, 15) is 0 Å². The first-order chi connectivity index (χ1) is 6.24. The van der Waals surface area contributed by atoms with Gasteiger partial charge in [0.25, 0.3) is 0 Å². The highest BCUT2D eigenvalue weighted by atomic mass is 35.5. The van der Waals surface area contributed by atoms with Gasteiger partial charge in [-0.1, -0.05) is 26.0 Å². The molecule has 0 bridgehead atoms. The van der Waals surface area contributed by atoms with Crippen molar-refractivity contribution in [3.8, 4) is 5.75 Å². The lowest BCUT2D eigenvalue weighted by molar-refractivity contribution is 0.342. The highest BCUT2D eigenvalue weighted by Gasteiger charge is 2.00. The van der Waals surface area contributed by atoms with Crippen molar-refractivity contribution >= 4 is 11.6 Å². The van der Waals surface area contributed by atoms with Crippen LogP contribution in [0.1, 0.15) is 25.3 Å². The Labute approximate surface area is 84.7 Å². The van der Waals surface area contributed by atoms with E-state index in [-0.39, 0.29) is 0 Å². The molecule has 0 amide bonds. The zero-order valence-electron chi connectivity index (χ0n) is 8.09. The van der Waals surface area contributed by atoms with E-state index >= 15 is 0 Å². The molecule has 1 rings (SSSR count). The minimum absolute atomic E-state index is 0.534. The number of halogens is 1. The number of rotatable bonds is 4. The molecule has 0 saturated heterocycles. The average Bonchev–Trinajstić information content (AvgIpc) is 2.15. The van der Waals surface area contributed by atoms with Crippen molar-refractivity contribution in [2.75, 3.05) is 12.5 Å². The first-order valence-electron chi connectivity index (χ1n) is 4.52. The fourth-order valence-electron chi connectivity index (χ4n) is 1.12. The van der Waals surface area contributed by atoms with Crippen LogP contribution in [0.4, 0.5) is 0 Å². The van der Waals surface area contributed by atoms with Gasteiger partial charge in [-0.05, 0) is 23.6 Å². The Morgan fingerprint density at radius 1 is 1.38 bits per heavy atom. The Bertz CT molecular complexity index is 258. The molecule has 1 aromatic carbocycles. The van der Waals surface area contributed by atoms with Gasteiger partial charge < -0.3 is 4.74 Å². The SMILES string of the molecule is CC(C)c1cccc(OCCCl)c1. The van der Waals surface area contributed by atoms with Crippen LogP contribution in [0.2, 0.25) is 0 Å². The molecule has 0 aliphatic rings. The van der Waals surface area contributed by atoms with E-state index in [1.165, 1.54) is 5.56 Å². The summed E-state index contributed by atoms with van der Waals surface area (Å²) in [7, 11) is 0. The molecule has 0 unspecified atom stereocenters. The van der Waals surface area contributed by atoms with Gasteiger partial charge in [-0.3, -0.25) is 0 Å². The van der Waals surface area contributed by atoms with E-state index < -0.39 is 0 Å². The number of hydrogen-bond acceptors (Lipinski definition) is 1. The average molecular weight is 199 g/mol. The molecule has 0 heterocycles. The van der Waals surface area contributed by atoms with Crippen LogP contribution in [0.5, 0.6) is 5.75 Å². The third-order valence-corrected chi connectivity index (χ3v) is 2.02. The van der Waals surface area contributed by atoms with Gasteiger partial charge in [0.2, 0.25) is 0 Å². The molecule has 1 nitrogen and oxygen atoms in total. The quantitative estimate of drug-likeness (QED) is 0.674. The van der Waals surface area contributed by atoms with Crippen LogP contribution in [0.25, 0.3) is 0 Å². The highest BCUT2D eigenvalue weighted by Crippen LogP contribution is 2.19. The Hall–Kier alpha value is -0.690. The lowest BCUT2D eigenvalue weighted by Crippen LogP contribution is -1.98. The topological polar surface area (TPSA) is 9.23 Å². The third kappa shape index (κ3) is 3.27. The summed E-state index contributed by atoms with van der Waals surface area (Å²) < 4.78 is 5.41. The molecule has 2 heteroatoms. The van der Waals surface area contributed by atoms with E-state index in [2.05, 4.69) is 26.0 Å². The maximum atomic E-state index is 5.53. The summed E-state index contributed by atoms with van der Waals surface area (Å²) in [6, 6.07) is 8.15. The number of alkyl halides is 1. The summed E-state index contributed by atoms with van der Waals surface area (Å²) in [4.78, 5) is 0. The fourth-order valence-corrected chi connectivity index (χ4v) is 1.20. The molecule has 72 valence electrons. The van der Waals surface area contributed by atoms with Gasteiger partial charge in [0, 0.05) is 0 Å². The maximum Gasteiger partial charge on any atom is 0.119 e. The van der Waals surface area contributed by atoms with E-state index in [4.69, 9.17) is 16.3 Å². The van der Waals surface area contributed by atoms with Gasteiger partial charge in [-0.2, -0.15) is 0 Å². The summed E-state index contributed by atoms with van der Waals surface area (Å²) in [6.07, 6.45) is 0. The summed E-state index contributed by atoms with van der Waals surface area (Å²) >= 11 is 5.53. The molecule has 0 radical (unpaired) electrons. The van der Waals surface area contributed by atoms with Crippen LogP contribution in [-0.2, 0) is 0 Å². The first-order valence-corrected chi connectivity index (χ1v) is 5.06. The summed E-state index contributed by atoms with van der Waals surface area (Å²) in [6.45, 7) is 4.91. The van der Waals surface area contributed by atoms with Crippen molar-refractivity contribution in [2.45, 2.75) is 19.8 Å². The Morgan fingerprint density at radius 3 is 2.77 bits per heavy atom. The standard InChI is InChI=1S/C11H15ClO/c1-9(2)10-4-3-5-11(8-10)13-7-6-12/h3-5,8-9H,6-7H2,1-2H3. The van der Waals surface area contributed by atoms with Crippen molar-refractivity contribution in [2.24, 2.45) is 0 Å². The molecular formula is C11H15ClO. The van der Waals surface area contributed by atoms with Crippen LogP contribution in [0, 0.1) is 0 Å². The summed E-state index contributed by atoms with van der Waals surface area (Å²) in [5.41, 5.74) is 1.30. The van der Waals surface area contributed by atoms with Crippen LogP contribution in [0.15, 0.2) is 24.3 Å². The summed E-state index contributed by atoms with van der Waals surface area (Å²) in [5, 5.41) is 0. The summed E-state index contributed by atoms with van der Waals surface area (Å²) in [5.74, 6) is 1.98. The van der Waals surface area contributed by atoms with Gasteiger partial charge in [0.1, 0.15) is 12.4 Å².